The second-order valence-corrected chi connectivity index (χ2v) is 9.72. The van der Waals surface area contributed by atoms with Gasteiger partial charge in [-0.3, -0.25) is 0 Å². The molecular formula is C12H30P2Ru. The summed E-state index contributed by atoms with van der Waals surface area (Å²) in [5.74, 6) is 0. The van der Waals surface area contributed by atoms with Crippen LogP contribution in [0.5, 0.6) is 0 Å². The van der Waals surface area contributed by atoms with Gasteiger partial charge in [-0.05, 0) is 37.0 Å². The van der Waals surface area contributed by atoms with E-state index in [-0.39, 0.29) is 19.5 Å². The zero-order valence-corrected chi connectivity index (χ0v) is 15.0. The van der Waals surface area contributed by atoms with Crippen LogP contribution in [-0.4, -0.2) is 37.0 Å². The molecule has 96 valence electrons. The largest absolute Gasteiger partial charge is 0.108 e. The van der Waals surface area contributed by atoms with Crippen LogP contribution in [0.3, 0.4) is 0 Å². The SMILES string of the molecule is CCP(CC)CC.CCP(CC)CC.[Ru]. The Kier molecular flexibility index (Phi) is 25.9. The van der Waals surface area contributed by atoms with Gasteiger partial charge in [-0.1, -0.05) is 41.5 Å². The molecule has 0 N–H and O–H groups in total. The molecule has 0 amide bonds. The molecule has 0 atom stereocenters. The summed E-state index contributed by atoms with van der Waals surface area (Å²) in [7, 11) is 0.892. The van der Waals surface area contributed by atoms with Gasteiger partial charge >= 0.3 is 0 Å². The Morgan fingerprint density at radius 2 is 0.600 bits per heavy atom. The van der Waals surface area contributed by atoms with Crippen LogP contribution in [0.15, 0.2) is 0 Å². The fourth-order valence-electron chi connectivity index (χ4n) is 1.34. The minimum atomic E-state index is 0. The van der Waals surface area contributed by atoms with Crippen molar-refractivity contribution in [1.29, 1.82) is 0 Å². The van der Waals surface area contributed by atoms with Gasteiger partial charge in [0.25, 0.3) is 0 Å². The van der Waals surface area contributed by atoms with Crippen LogP contribution in [0.2, 0.25) is 0 Å². The first-order chi connectivity index (χ1) is 6.69. The van der Waals surface area contributed by atoms with Crippen molar-refractivity contribution in [3.63, 3.8) is 0 Å². The van der Waals surface area contributed by atoms with Crippen LogP contribution in [0.4, 0.5) is 0 Å². The molecule has 0 aliphatic heterocycles. The Labute approximate surface area is 114 Å². The number of hydrogen-bond acceptors (Lipinski definition) is 0. The van der Waals surface area contributed by atoms with Gasteiger partial charge in [0.1, 0.15) is 0 Å². The quantitative estimate of drug-likeness (QED) is 0.470. The molecule has 0 unspecified atom stereocenters. The van der Waals surface area contributed by atoms with E-state index in [9.17, 15) is 0 Å². The van der Waals surface area contributed by atoms with Crippen molar-refractivity contribution in [3.8, 4) is 0 Å². The number of hydrogen-bond donors (Lipinski definition) is 0. The third-order valence-corrected chi connectivity index (χ3v) is 8.05. The van der Waals surface area contributed by atoms with Gasteiger partial charge in [-0.2, -0.15) is 0 Å². The van der Waals surface area contributed by atoms with E-state index in [0.29, 0.717) is 15.8 Å². The maximum absolute atomic E-state index is 2.29. The Balaban J connectivity index is -0.000000180. The molecule has 0 aliphatic carbocycles. The van der Waals surface area contributed by atoms with Gasteiger partial charge < -0.3 is 0 Å². The Bertz CT molecular complexity index is 68.6. The monoisotopic (exact) mass is 338 g/mol. The molecule has 0 aliphatic rings. The van der Waals surface area contributed by atoms with Crippen LogP contribution in [0.1, 0.15) is 41.5 Å². The maximum atomic E-state index is 2.29. The van der Waals surface area contributed by atoms with Gasteiger partial charge in [-0.15, -0.1) is 15.8 Å². The van der Waals surface area contributed by atoms with E-state index < -0.39 is 0 Å². The molecule has 3 heteroatoms. The van der Waals surface area contributed by atoms with Crippen LogP contribution in [0.25, 0.3) is 0 Å². The Morgan fingerprint density at radius 1 is 0.467 bits per heavy atom. The van der Waals surface area contributed by atoms with Crippen molar-refractivity contribution >= 4 is 15.8 Å². The maximum Gasteiger partial charge on any atom is 0 e. The van der Waals surface area contributed by atoms with Crippen molar-refractivity contribution in [2.75, 3.05) is 37.0 Å². The molecule has 0 heterocycles. The van der Waals surface area contributed by atoms with E-state index in [1.54, 1.807) is 0 Å². The predicted octanol–water partition coefficient (Wildman–Crippen LogP) is 5.05. The van der Waals surface area contributed by atoms with Crippen molar-refractivity contribution in [3.05, 3.63) is 0 Å². The minimum Gasteiger partial charge on any atom is -0.108 e. The molecular weight excluding hydrogens is 307 g/mol. The first-order valence-electron chi connectivity index (χ1n) is 6.14. The van der Waals surface area contributed by atoms with Crippen LogP contribution >= 0.6 is 15.8 Å². The first kappa shape index (κ1) is 21.7. The van der Waals surface area contributed by atoms with Gasteiger partial charge in [0.2, 0.25) is 0 Å². The minimum absolute atomic E-state index is 0. The van der Waals surface area contributed by atoms with Crippen LogP contribution < -0.4 is 0 Å². The molecule has 0 rings (SSSR count). The van der Waals surface area contributed by atoms with E-state index in [0.717, 1.165) is 0 Å². The summed E-state index contributed by atoms with van der Waals surface area (Å²) >= 11 is 0. The van der Waals surface area contributed by atoms with Gasteiger partial charge in [0.15, 0.2) is 0 Å². The van der Waals surface area contributed by atoms with Crippen molar-refractivity contribution in [2.24, 2.45) is 0 Å². The van der Waals surface area contributed by atoms with Crippen LogP contribution in [0, 0.1) is 0 Å². The molecule has 0 aromatic carbocycles. The second-order valence-electron chi connectivity index (χ2n) is 3.24. The van der Waals surface area contributed by atoms with E-state index in [1.807, 2.05) is 0 Å². The third kappa shape index (κ3) is 15.5. The topological polar surface area (TPSA) is 0 Å². The molecule has 0 aromatic heterocycles. The molecule has 15 heavy (non-hydrogen) atoms. The van der Waals surface area contributed by atoms with E-state index in [1.165, 1.54) is 37.0 Å². The van der Waals surface area contributed by atoms with Crippen LogP contribution in [-0.2, 0) is 19.5 Å². The zero-order chi connectivity index (χ0) is 11.4. The van der Waals surface area contributed by atoms with Gasteiger partial charge in [-0.25, -0.2) is 0 Å². The van der Waals surface area contributed by atoms with E-state index >= 15 is 0 Å². The molecule has 0 saturated carbocycles. The second kappa shape index (κ2) is 17.9. The summed E-state index contributed by atoms with van der Waals surface area (Å²) in [6, 6.07) is 0. The van der Waals surface area contributed by atoms with Crippen molar-refractivity contribution < 1.29 is 19.5 Å². The summed E-state index contributed by atoms with van der Waals surface area (Å²) in [6.45, 7) is 13.7. The standard InChI is InChI=1S/2C6H15P.Ru/c2*1-4-7(5-2)6-3;/h2*4-6H2,1-3H3;. The van der Waals surface area contributed by atoms with Crippen molar-refractivity contribution in [1.82, 2.24) is 0 Å². The average molecular weight is 337 g/mol. The number of rotatable bonds is 6. The Hall–Kier alpha value is 1.48. The smallest absolute Gasteiger partial charge is 0 e. The molecule has 0 nitrogen and oxygen atoms in total. The third-order valence-electron chi connectivity index (χ3n) is 2.68. The first-order valence-corrected chi connectivity index (χ1v) is 9.93. The fourth-order valence-corrected chi connectivity index (χ4v) is 4.02. The molecule has 0 radical (unpaired) electrons. The molecule has 0 bridgehead atoms. The fraction of sp³-hybridized carbons (Fsp3) is 1.00. The zero-order valence-electron chi connectivity index (χ0n) is 11.5. The predicted molar refractivity (Wildman–Crippen MR) is 77.1 cm³/mol. The van der Waals surface area contributed by atoms with E-state index in [4.69, 9.17) is 0 Å². The van der Waals surface area contributed by atoms with Crippen molar-refractivity contribution in [2.45, 2.75) is 41.5 Å². The molecule has 0 fully saturated rings. The normalized spacial score (nSPS) is 9.60. The van der Waals surface area contributed by atoms with Gasteiger partial charge in [0, 0.05) is 19.5 Å². The summed E-state index contributed by atoms with van der Waals surface area (Å²) in [5.41, 5.74) is 0. The van der Waals surface area contributed by atoms with E-state index in [2.05, 4.69) is 41.5 Å². The Morgan fingerprint density at radius 3 is 0.600 bits per heavy atom. The average Bonchev–Trinajstić information content (AvgIpc) is 2.24. The summed E-state index contributed by atoms with van der Waals surface area (Å²) in [5, 5.41) is 0. The molecule has 0 aromatic rings. The molecule has 0 saturated heterocycles. The van der Waals surface area contributed by atoms with Gasteiger partial charge in [0.05, 0.1) is 0 Å². The summed E-state index contributed by atoms with van der Waals surface area (Å²) < 4.78 is 0. The summed E-state index contributed by atoms with van der Waals surface area (Å²) in [6.07, 6.45) is 8.51. The summed E-state index contributed by atoms with van der Waals surface area (Å²) in [4.78, 5) is 0. The molecule has 0 spiro atoms.